The van der Waals surface area contributed by atoms with Crippen LogP contribution in [-0.2, 0) is 0 Å². The van der Waals surface area contributed by atoms with E-state index in [1.54, 1.807) is 22.7 Å². The molecule has 4 heterocycles. The van der Waals surface area contributed by atoms with E-state index in [1.807, 2.05) is 18.5 Å². The van der Waals surface area contributed by atoms with Gasteiger partial charge in [-0.25, -0.2) is 0 Å². The average molecular weight is 334 g/mol. The molecule has 0 saturated heterocycles. The molecule has 2 nitrogen and oxygen atoms in total. The van der Waals surface area contributed by atoms with Crippen LogP contribution in [0, 0.1) is 6.92 Å². The number of aryl methyl sites for hydroxylation is 1. The van der Waals surface area contributed by atoms with Gasteiger partial charge in [-0.15, -0.1) is 22.7 Å². The van der Waals surface area contributed by atoms with Crippen molar-refractivity contribution in [3.63, 3.8) is 0 Å². The molecule has 0 amide bonds. The number of pyridine rings is 2. The van der Waals surface area contributed by atoms with E-state index in [-0.39, 0.29) is 0 Å². The molecule has 0 aliphatic carbocycles. The molecule has 0 atom stereocenters. The molecule has 0 spiro atoms. The van der Waals surface area contributed by atoms with Gasteiger partial charge in [-0.3, -0.25) is 9.97 Å². The summed E-state index contributed by atoms with van der Waals surface area (Å²) >= 11 is 3.54. The number of aromatic nitrogens is 2. The predicted molar refractivity (Wildman–Crippen MR) is 98.8 cm³/mol. The third-order valence-corrected chi connectivity index (χ3v) is 5.58. The first-order valence-corrected chi connectivity index (χ1v) is 9.02. The Kier molecular flexibility index (Phi) is 3.77. The van der Waals surface area contributed by atoms with Crippen molar-refractivity contribution in [3.05, 3.63) is 71.2 Å². The Morgan fingerprint density at radius 2 is 1.48 bits per heavy atom. The standard InChI is InChI=1S/C19H14N2S2/c1-13-4-5-19(23-13)15-7-9-21-17(12-15)16-11-14(6-8-20-16)18-3-2-10-22-18/h2-12H,1H3. The lowest BCUT2D eigenvalue weighted by Gasteiger charge is -2.05. The number of hydrogen-bond acceptors (Lipinski definition) is 4. The zero-order valence-corrected chi connectivity index (χ0v) is 14.2. The maximum Gasteiger partial charge on any atom is 0.0892 e. The quantitative estimate of drug-likeness (QED) is 0.465. The Labute approximate surface area is 143 Å². The van der Waals surface area contributed by atoms with E-state index in [2.05, 4.69) is 64.7 Å². The molecule has 0 aliphatic heterocycles. The summed E-state index contributed by atoms with van der Waals surface area (Å²) in [5.74, 6) is 0. The van der Waals surface area contributed by atoms with Crippen LogP contribution in [0.2, 0.25) is 0 Å². The SMILES string of the molecule is Cc1ccc(-c2ccnc(-c3cc(-c4cccs4)ccn3)c2)s1. The van der Waals surface area contributed by atoms with Gasteiger partial charge in [0.2, 0.25) is 0 Å². The Morgan fingerprint density at radius 3 is 2.04 bits per heavy atom. The third-order valence-electron chi connectivity index (χ3n) is 3.61. The second kappa shape index (κ2) is 6.07. The second-order valence-electron chi connectivity index (χ2n) is 5.25. The van der Waals surface area contributed by atoms with Gasteiger partial charge in [0.1, 0.15) is 0 Å². The van der Waals surface area contributed by atoms with Crippen LogP contribution in [0.1, 0.15) is 4.88 Å². The van der Waals surface area contributed by atoms with Crippen LogP contribution in [0.4, 0.5) is 0 Å². The molecule has 0 aliphatic rings. The lowest BCUT2D eigenvalue weighted by Crippen LogP contribution is -1.88. The van der Waals surface area contributed by atoms with E-state index in [9.17, 15) is 0 Å². The molecule has 0 aromatic carbocycles. The van der Waals surface area contributed by atoms with Crippen molar-refractivity contribution < 1.29 is 0 Å². The fourth-order valence-electron chi connectivity index (χ4n) is 2.48. The molecule has 4 heteroatoms. The van der Waals surface area contributed by atoms with E-state index in [0.717, 1.165) is 11.4 Å². The first-order chi connectivity index (χ1) is 11.3. The van der Waals surface area contributed by atoms with Gasteiger partial charge in [0.05, 0.1) is 11.4 Å². The van der Waals surface area contributed by atoms with Gasteiger partial charge < -0.3 is 0 Å². The molecule has 112 valence electrons. The van der Waals surface area contributed by atoms with Gasteiger partial charge in [0.15, 0.2) is 0 Å². The van der Waals surface area contributed by atoms with Crippen molar-refractivity contribution in [1.29, 1.82) is 0 Å². The summed E-state index contributed by atoms with van der Waals surface area (Å²) in [7, 11) is 0. The molecule has 0 fully saturated rings. The van der Waals surface area contributed by atoms with Crippen molar-refractivity contribution in [2.24, 2.45) is 0 Å². The van der Waals surface area contributed by atoms with Gasteiger partial charge in [0, 0.05) is 27.0 Å². The van der Waals surface area contributed by atoms with E-state index in [0.29, 0.717) is 0 Å². The Hall–Kier alpha value is -2.30. The van der Waals surface area contributed by atoms with Gasteiger partial charge >= 0.3 is 0 Å². The fourth-order valence-corrected chi connectivity index (χ4v) is 4.07. The number of thiophene rings is 2. The highest BCUT2D eigenvalue weighted by atomic mass is 32.1. The first kappa shape index (κ1) is 14.3. The van der Waals surface area contributed by atoms with Crippen molar-refractivity contribution in [2.45, 2.75) is 6.92 Å². The van der Waals surface area contributed by atoms with E-state index >= 15 is 0 Å². The van der Waals surface area contributed by atoms with Crippen molar-refractivity contribution in [3.8, 4) is 32.3 Å². The lowest BCUT2D eigenvalue weighted by atomic mass is 10.1. The number of rotatable bonds is 3. The van der Waals surface area contributed by atoms with Crippen LogP contribution < -0.4 is 0 Å². The van der Waals surface area contributed by atoms with Gasteiger partial charge in [0.25, 0.3) is 0 Å². The minimum atomic E-state index is 0.908. The molecule has 0 radical (unpaired) electrons. The van der Waals surface area contributed by atoms with Crippen LogP contribution in [0.15, 0.2) is 66.3 Å². The highest BCUT2D eigenvalue weighted by Gasteiger charge is 2.07. The number of hydrogen-bond donors (Lipinski definition) is 0. The maximum atomic E-state index is 4.51. The Balaban J connectivity index is 1.75. The Bertz CT molecular complexity index is 939. The van der Waals surface area contributed by atoms with Gasteiger partial charge in [-0.1, -0.05) is 6.07 Å². The summed E-state index contributed by atoms with van der Waals surface area (Å²) in [5.41, 5.74) is 4.19. The topological polar surface area (TPSA) is 25.8 Å². The summed E-state index contributed by atoms with van der Waals surface area (Å²) in [6.45, 7) is 2.13. The highest BCUT2D eigenvalue weighted by Crippen LogP contribution is 2.31. The van der Waals surface area contributed by atoms with Crippen molar-refractivity contribution in [2.75, 3.05) is 0 Å². The molecule has 23 heavy (non-hydrogen) atoms. The molecular weight excluding hydrogens is 320 g/mol. The normalized spacial score (nSPS) is 10.8. The molecule has 4 aromatic heterocycles. The molecule has 4 aromatic rings. The highest BCUT2D eigenvalue weighted by molar-refractivity contribution is 7.15. The van der Waals surface area contributed by atoms with Gasteiger partial charge in [-0.2, -0.15) is 0 Å². The van der Waals surface area contributed by atoms with Crippen LogP contribution in [0.5, 0.6) is 0 Å². The van der Waals surface area contributed by atoms with Crippen molar-refractivity contribution >= 4 is 22.7 Å². The molecular formula is C19H14N2S2. The largest absolute Gasteiger partial charge is 0.255 e. The molecule has 0 saturated carbocycles. The summed E-state index contributed by atoms with van der Waals surface area (Å²) < 4.78 is 0. The van der Waals surface area contributed by atoms with Crippen LogP contribution >= 0.6 is 22.7 Å². The number of nitrogens with zero attached hydrogens (tertiary/aromatic N) is 2. The van der Waals surface area contributed by atoms with Crippen LogP contribution in [0.25, 0.3) is 32.3 Å². The fraction of sp³-hybridized carbons (Fsp3) is 0.0526. The third kappa shape index (κ3) is 2.96. The van der Waals surface area contributed by atoms with Crippen LogP contribution in [-0.4, -0.2) is 9.97 Å². The average Bonchev–Trinajstić information content (AvgIpc) is 3.27. The zero-order valence-electron chi connectivity index (χ0n) is 12.6. The Morgan fingerprint density at radius 1 is 0.783 bits per heavy atom. The minimum absolute atomic E-state index is 0.908. The maximum absolute atomic E-state index is 4.51. The smallest absolute Gasteiger partial charge is 0.0892 e. The minimum Gasteiger partial charge on any atom is -0.255 e. The monoisotopic (exact) mass is 334 g/mol. The summed E-state index contributed by atoms with van der Waals surface area (Å²) in [6.07, 6.45) is 3.72. The second-order valence-corrected chi connectivity index (χ2v) is 7.48. The van der Waals surface area contributed by atoms with Crippen molar-refractivity contribution in [1.82, 2.24) is 9.97 Å². The van der Waals surface area contributed by atoms with E-state index < -0.39 is 0 Å². The molecule has 0 N–H and O–H groups in total. The zero-order chi connectivity index (χ0) is 15.6. The van der Waals surface area contributed by atoms with Gasteiger partial charge in [-0.05, 0) is 65.9 Å². The van der Waals surface area contributed by atoms with E-state index in [4.69, 9.17) is 0 Å². The van der Waals surface area contributed by atoms with Crippen LogP contribution in [0.3, 0.4) is 0 Å². The summed E-state index contributed by atoms with van der Waals surface area (Å²) in [5, 5.41) is 2.09. The lowest BCUT2D eigenvalue weighted by molar-refractivity contribution is 1.25. The molecule has 0 bridgehead atoms. The predicted octanol–water partition coefficient (Wildman–Crippen LogP) is 5.91. The summed E-state index contributed by atoms with van der Waals surface area (Å²) in [6, 6.07) is 16.8. The molecule has 0 unspecified atom stereocenters. The first-order valence-electron chi connectivity index (χ1n) is 7.33. The molecule has 4 rings (SSSR count). The van der Waals surface area contributed by atoms with E-state index in [1.165, 1.54) is 25.8 Å². The summed E-state index contributed by atoms with van der Waals surface area (Å²) in [4.78, 5) is 12.8.